The van der Waals surface area contributed by atoms with Crippen molar-refractivity contribution in [2.75, 3.05) is 37.6 Å². The van der Waals surface area contributed by atoms with E-state index in [1.807, 2.05) is 0 Å². The molecular weight excluding hydrogens is 354 g/mol. The van der Waals surface area contributed by atoms with E-state index in [0.29, 0.717) is 6.10 Å². The number of ether oxygens (including phenoxy) is 1. The third-order valence-electron chi connectivity index (χ3n) is 5.73. The van der Waals surface area contributed by atoms with Crippen LogP contribution in [0.2, 0.25) is 0 Å². The zero-order chi connectivity index (χ0) is 18.8. The molecule has 28 heavy (non-hydrogen) atoms. The normalized spacial score (nSPS) is 18.4. The van der Waals surface area contributed by atoms with Gasteiger partial charge in [-0.15, -0.1) is 0 Å². The highest BCUT2D eigenvalue weighted by atomic mass is 16.5. The minimum Gasteiger partial charge on any atom is -0.474 e. The fourth-order valence-corrected chi connectivity index (χ4v) is 3.78. The van der Waals surface area contributed by atoms with Crippen LogP contribution in [0, 0.1) is 0 Å². The van der Waals surface area contributed by atoms with Crippen molar-refractivity contribution in [1.82, 2.24) is 29.9 Å². The quantitative estimate of drug-likeness (QED) is 0.648. The standard InChI is InChI=1S/C20H25N7O/c1-2-17(3-1)28-20-18-14-16(4-5-19(18)21-15-22-20)26-11-8-25(9-12-26)10-13-27-23-6-7-24-27/h4-7,14-15,17H,1-3,8-13H2. The van der Waals surface area contributed by atoms with E-state index in [2.05, 4.69) is 48.2 Å². The average molecular weight is 379 g/mol. The van der Waals surface area contributed by atoms with E-state index in [-0.39, 0.29) is 0 Å². The fraction of sp³-hybridized carbons (Fsp3) is 0.500. The maximum Gasteiger partial charge on any atom is 0.224 e. The first kappa shape index (κ1) is 17.4. The monoisotopic (exact) mass is 379 g/mol. The molecule has 0 spiro atoms. The van der Waals surface area contributed by atoms with Crippen LogP contribution in [-0.4, -0.2) is 68.7 Å². The van der Waals surface area contributed by atoms with Crippen LogP contribution in [0.4, 0.5) is 5.69 Å². The van der Waals surface area contributed by atoms with Gasteiger partial charge in [0.05, 0.1) is 29.8 Å². The van der Waals surface area contributed by atoms with Gasteiger partial charge < -0.3 is 9.64 Å². The molecule has 2 fully saturated rings. The highest BCUT2D eigenvalue weighted by Crippen LogP contribution is 2.31. The number of aromatic nitrogens is 5. The number of anilines is 1. The Morgan fingerprint density at radius 3 is 2.54 bits per heavy atom. The molecular formula is C20H25N7O. The van der Waals surface area contributed by atoms with E-state index in [1.54, 1.807) is 23.5 Å². The van der Waals surface area contributed by atoms with Crippen molar-refractivity contribution in [2.24, 2.45) is 0 Å². The van der Waals surface area contributed by atoms with Gasteiger partial charge in [-0.05, 0) is 37.5 Å². The first-order chi connectivity index (χ1) is 13.8. The molecule has 1 aromatic carbocycles. The van der Waals surface area contributed by atoms with Crippen LogP contribution in [-0.2, 0) is 6.54 Å². The summed E-state index contributed by atoms with van der Waals surface area (Å²) in [5.74, 6) is 0.724. The minimum absolute atomic E-state index is 0.314. The molecule has 1 saturated carbocycles. The van der Waals surface area contributed by atoms with Crippen molar-refractivity contribution in [3.63, 3.8) is 0 Å². The third kappa shape index (κ3) is 3.64. The van der Waals surface area contributed by atoms with Crippen molar-refractivity contribution >= 4 is 16.6 Å². The number of nitrogens with zero attached hydrogens (tertiary/aromatic N) is 7. The Kier molecular flexibility index (Phi) is 4.78. The Balaban J connectivity index is 1.25. The summed E-state index contributed by atoms with van der Waals surface area (Å²) in [4.78, 5) is 15.5. The average Bonchev–Trinajstić information content (AvgIpc) is 3.23. The third-order valence-corrected chi connectivity index (χ3v) is 5.73. The molecule has 2 aliphatic rings. The molecule has 0 atom stereocenters. The zero-order valence-electron chi connectivity index (χ0n) is 15.9. The summed E-state index contributed by atoms with van der Waals surface area (Å²) in [5, 5.41) is 9.36. The SMILES string of the molecule is c1nc(OC2CCC2)c2cc(N3CCN(CCn4nccn4)CC3)ccc2n1. The lowest BCUT2D eigenvalue weighted by molar-refractivity contribution is 0.116. The lowest BCUT2D eigenvalue weighted by atomic mass is 9.96. The number of rotatable bonds is 6. The van der Waals surface area contributed by atoms with E-state index in [1.165, 1.54) is 12.1 Å². The summed E-state index contributed by atoms with van der Waals surface area (Å²) in [7, 11) is 0. The van der Waals surface area contributed by atoms with Crippen LogP contribution in [0.15, 0.2) is 36.9 Å². The molecule has 1 saturated heterocycles. The summed E-state index contributed by atoms with van der Waals surface area (Å²) in [6.07, 6.45) is 8.87. The van der Waals surface area contributed by atoms with Crippen LogP contribution >= 0.6 is 0 Å². The largest absolute Gasteiger partial charge is 0.474 e. The molecule has 3 aromatic rings. The summed E-state index contributed by atoms with van der Waals surface area (Å²) in [6.45, 7) is 5.90. The Bertz CT molecular complexity index is 917. The van der Waals surface area contributed by atoms with Gasteiger partial charge in [-0.25, -0.2) is 9.97 Å². The number of hydrogen-bond donors (Lipinski definition) is 0. The highest BCUT2D eigenvalue weighted by Gasteiger charge is 2.22. The number of benzene rings is 1. The highest BCUT2D eigenvalue weighted by molar-refractivity contribution is 5.86. The summed E-state index contributed by atoms with van der Waals surface area (Å²) < 4.78 is 6.10. The van der Waals surface area contributed by atoms with Crippen molar-refractivity contribution in [3.8, 4) is 5.88 Å². The van der Waals surface area contributed by atoms with Gasteiger partial charge in [0.1, 0.15) is 12.4 Å². The topological polar surface area (TPSA) is 72.2 Å². The van der Waals surface area contributed by atoms with Gasteiger partial charge in [0.2, 0.25) is 5.88 Å². The van der Waals surface area contributed by atoms with Crippen molar-refractivity contribution in [2.45, 2.75) is 31.9 Å². The molecule has 146 valence electrons. The maximum absolute atomic E-state index is 6.10. The Morgan fingerprint density at radius 1 is 0.964 bits per heavy atom. The van der Waals surface area contributed by atoms with Crippen molar-refractivity contribution < 1.29 is 4.74 Å². The first-order valence-corrected chi connectivity index (χ1v) is 10.1. The predicted octanol–water partition coefficient (Wildman–Crippen LogP) is 1.97. The second-order valence-corrected chi connectivity index (χ2v) is 7.50. The van der Waals surface area contributed by atoms with E-state index in [0.717, 1.165) is 68.9 Å². The second-order valence-electron chi connectivity index (χ2n) is 7.50. The van der Waals surface area contributed by atoms with Crippen LogP contribution in [0.25, 0.3) is 10.9 Å². The van der Waals surface area contributed by atoms with Crippen LogP contribution < -0.4 is 9.64 Å². The lowest BCUT2D eigenvalue weighted by Gasteiger charge is -2.36. The maximum atomic E-state index is 6.10. The number of hydrogen-bond acceptors (Lipinski definition) is 7. The summed E-state index contributed by atoms with van der Waals surface area (Å²) in [6, 6.07) is 6.42. The molecule has 0 N–H and O–H groups in total. The van der Waals surface area contributed by atoms with Crippen LogP contribution in [0.5, 0.6) is 5.88 Å². The molecule has 2 aromatic heterocycles. The molecule has 1 aliphatic heterocycles. The predicted molar refractivity (Wildman–Crippen MR) is 106 cm³/mol. The van der Waals surface area contributed by atoms with E-state index >= 15 is 0 Å². The minimum atomic E-state index is 0.314. The molecule has 8 heteroatoms. The van der Waals surface area contributed by atoms with E-state index in [4.69, 9.17) is 4.74 Å². The van der Waals surface area contributed by atoms with Gasteiger partial charge in [-0.2, -0.15) is 15.0 Å². The molecule has 1 aliphatic carbocycles. The second kappa shape index (κ2) is 7.71. The van der Waals surface area contributed by atoms with Crippen LogP contribution in [0.1, 0.15) is 19.3 Å². The van der Waals surface area contributed by atoms with E-state index in [9.17, 15) is 0 Å². The molecule has 0 amide bonds. The molecule has 0 bridgehead atoms. The molecule has 0 radical (unpaired) electrons. The summed E-state index contributed by atoms with van der Waals surface area (Å²) >= 11 is 0. The van der Waals surface area contributed by atoms with Gasteiger partial charge >= 0.3 is 0 Å². The van der Waals surface area contributed by atoms with Crippen LogP contribution in [0.3, 0.4) is 0 Å². The molecule has 3 heterocycles. The van der Waals surface area contributed by atoms with Gasteiger partial charge in [-0.3, -0.25) is 4.90 Å². The molecule has 8 nitrogen and oxygen atoms in total. The van der Waals surface area contributed by atoms with E-state index < -0.39 is 0 Å². The lowest BCUT2D eigenvalue weighted by Crippen LogP contribution is -2.47. The Labute approximate surface area is 164 Å². The number of piperazine rings is 1. The Morgan fingerprint density at radius 2 is 1.79 bits per heavy atom. The molecule has 0 unspecified atom stereocenters. The summed E-state index contributed by atoms with van der Waals surface area (Å²) in [5.41, 5.74) is 2.16. The van der Waals surface area contributed by atoms with Crippen molar-refractivity contribution in [1.29, 1.82) is 0 Å². The van der Waals surface area contributed by atoms with Gasteiger partial charge in [0.15, 0.2) is 0 Å². The fourth-order valence-electron chi connectivity index (χ4n) is 3.78. The Hall–Kier alpha value is -2.74. The zero-order valence-corrected chi connectivity index (χ0v) is 15.9. The number of fused-ring (bicyclic) bond motifs is 1. The smallest absolute Gasteiger partial charge is 0.224 e. The van der Waals surface area contributed by atoms with Crippen molar-refractivity contribution in [3.05, 3.63) is 36.9 Å². The van der Waals surface area contributed by atoms with Gasteiger partial charge in [-0.1, -0.05) is 0 Å². The van der Waals surface area contributed by atoms with Gasteiger partial charge in [0.25, 0.3) is 0 Å². The molecule has 5 rings (SSSR count). The van der Waals surface area contributed by atoms with Gasteiger partial charge in [0, 0.05) is 38.4 Å². The first-order valence-electron chi connectivity index (χ1n) is 10.1.